The van der Waals surface area contributed by atoms with Crippen LogP contribution in [0.25, 0.3) is 11.3 Å². The standard InChI is InChI=1S/C21H30N4O/c1-3-12-25(13-4-2)20-15-19(17-9-6-5-7-10-17)23-21(24-20)22-16-18-11-8-14-26-18/h5-7,9-10,15,18H,3-4,8,11-14,16H2,1-2H3,(H,22,23,24). The van der Waals surface area contributed by atoms with Gasteiger partial charge in [0, 0.05) is 37.9 Å². The van der Waals surface area contributed by atoms with Gasteiger partial charge in [0.1, 0.15) is 5.82 Å². The largest absolute Gasteiger partial charge is 0.376 e. The van der Waals surface area contributed by atoms with E-state index >= 15 is 0 Å². The molecular weight excluding hydrogens is 324 g/mol. The first kappa shape index (κ1) is 18.6. The summed E-state index contributed by atoms with van der Waals surface area (Å²) in [6.07, 6.45) is 4.72. The lowest BCUT2D eigenvalue weighted by Gasteiger charge is -2.24. The van der Waals surface area contributed by atoms with E-state index in [-0.39, 0.29) is 6.10 Å². The van der Waals surface area contributed by atoms with Crippen LogP contribution in [0.5, 0.6) is 0 Å². The maximum absolute atomic E-state index is 5.72. The minimum absolute atomic E-state index is 0.268. The fourth-order valence-electron chi connectivity index (χ4n) is 3.32. The van der Waals surface area contributed by atoms with Crippen LogP contribution >= 0.6 is 0 Å². The Kier molecular flexibility index (Phi) is 6.83. The number of ether oxygens (including phenoxy) is 1. The number of benzene rings is 1. The van der Waals surface area contributed by atoms with Crippen LogP contribution < -0.4 is 10.2 Å². The molecule has 0 spiro atoms. The van der Waals surface area contributed by atoms with Crippen molar-refractivity contribution in [2.24, 2.45) is 0 Å². The molecule has 2 heterocycles. The lowest BCUT2D eigenvalue weighted by molar-refractivity contribution is 0.120. The Bertz CT molecular complexity index is 665. The number of rotatable bonds is 9. The predicted octanol–water partition coefficient (Wildman–Crippen LogP) is 4.36. The van der Waals surface area contributed by atoms with E-state index in [2.05, 4.69) is 42.3 Å². The molecule has 1 saturated heterocycles. The monoisotopic (exact) mass is 354 g/mol. The molecule has 140 valence electrons. The number of anilines is 2. The average Bonchev–Trinajstić information content (AvgIpc) is 3.20. The van der Waals surface area contributed by atoms with Crippen molar-refractivity contribution in [2.75, 3.05) is 36.5 Å². The summed E-state index contributed by atoms with van der Waals surface area (Å²) in [6.45, 7) is 8.05. The third-order valence-electron chi connectivity index (χ3n) is 4.61. The summed E-state index contributed by atoms with van der Waals surface area (Å²) < 4.78 is 5.72. The molecule has 1 N–H and O–H groups in total. The second-order valence-corrected chi connectivity index (χ2v) is 6.80. The number of hydrogen-bond donors (Lipinski definition) is 1. The number of nitrogens with one attached hydrogen (secondary N) is 1. The molecule has 0 amide bonds. The number of nitrogens with zero attached hydrogens (tertiary/aromatic N) is 3. The summed E-state index contributed by atoms with van der Waals surface area (Å²) in [7, 11) is 0. The van der Waals surface area contributed by atoms with Crippen LogP contribution in [0.3, 0.4) is 0 Å². The van der Waals surface area contributed by atoms with Gasteiger partial charge in [-0.1, -0.05) is 44.2 Å². The minimum Gasteiger partial charge on any atom is -0.376 e. The highest BCUT2D eigenvalue weighted by Gasteiger charge is 2.17. The summed E-state index contributed by atoms with van der Waals surface area (Å²) in [5, 5.41) is 3.40. The molecule has 1 atom stereocenters. The van der Waals surface area contributed by atoms with Gasteiger partial charge in [-0.25, -0.2) is 4.98 Å². The lowest BCUT2D eigenvalue weighted by atomic mass is 10.1. The Balaban J connectivity index is 1.87. The van der Waals surface area contributed by atoms with Gasteiger partial charge in [-0.05, 0) is 25.7 Å². The molecule has 0 radical (unpaired) electrons. The van der Waals surface area contributed by atoms with Crippen LogP contribution in [-0.2, 0) is 4.74 Å². The average molecular weight is 354 g/mol. The molecule has 1 fully saturated rings. The van der Waals surface area contributed by atoms with Crippen LogP contribution in [0.15, 0.2) is 36.4 Å². The lowest BCUT2D eigenvalue weighted by Crippen LogP contribution is -2.27. The summed E-state index contributed by atoms with van der Waals surface area (Å²) in [5.74, 6) is 1.69. The normalized spacial score (nSPS) is 16.6. The van der Waals surface area contributed by atoms with E-state index in [9.17, 15) is 0 Å². The molecule has 2 aromatic rings. The van der Waals surface area contributed by atoms with E-state index in [4.69, 9.17) is 14.7 Å². The Morgan fingerprint density at radius 3 is 2.54 bits per heavy atom. The van der Waals surface area contributed by atoms with Gasteiger partial charge in [-0.3, -0.25) is 0 Å². The fraction of sp³-hybridized carbons (Fsp3) is 0.524. The Hall–Kier alpha value is -2.14. The summed E-state index contributed by atoms with van der Waals surface area (Å²) >= 11 is 0. The Labute approximate surface area is 156 Å². The summed E-state index contributed by atoms with van der Waals surface area (Å²) in [6, 6.07) is 12.4. The molecule has 0 bridgehead atoms. The van der Waals surface area contributed by atoms with Crippen molar-refractivity contribution in [1.82, 2.24) is 9.97 Å². The van der Waals surface area contributed by atoms with Crippen LogP contribution in [0.1, 0.15) is 39.5 Å². The summed E-state index contributed by atoms with van der Waals surface area (Å²) in [5.41, 5.74) is 2.08. The Morgan fingerprint density at radius 1 is 1.12 bits per heavy atom. The van der Waals surface area contributed by atoms with E-state index in [0.29, 0.717) is 5.95 Å². The molecule has 1 aliphatic rings. The zero-order valence-corrected chi connectivity index (χ0v) is 15.9. The van der Waals surface area contributed by atoms with Gasteiger partial charge in [0.15, 0.2) is 0 Å². The molecule has 5 nitrogen and oxygen atoms in total. The van der Waals surface area contributed by atoms with Gasteiger partial charge in [0.2, 0.25) is 5.95 Å². The SMILES string of the molecule is CCCN(CCC)c1cc(-c2ccccc2)nc(NCC2CCCO2)n1. The molecule has 0 saturated carbocycles. The van der Waals surface area contributed by atoms with Gasteiger partial charge in [-0.15, -0.1) is 0 Å². The fourth-order valence-corrected chi connectivity index (χ4v) is 3.32. The van der Waals surface area contributed by atoms with Crippen molar-refractivity contribution in [2.45, 2.75) is 45.6 Å². The molecule has 1 aromatic carbocycles. The molecule has 1 aliphatic heterocycles. The zero-order valence-electron chi connectivity index (χ0n) is 15.9. The van der Waals surface area contributed by atoms with E-state index < -0.39 is 0 Å². The van der Waals surface area contributed by atoms with E-state index in [1.807, 2.05) is 18.2 Å². The van der Waals surface area contributed by atoms with Gasteiger partial charge < -0.3 is 15.0 Å². The molecular formula is C21H30N4O. The molecule has 1 aromatic heterocycles. The van der Waals surface area contributed by atoms with E-state index in [0.717, 1.165) is 69.0 Å². The number of hydrogen-bond acceptors (Lipinski definition) is 5. The highest BCUT2D eigenvalue weighted by molar-refractivity contribution is 5.64. The first-order valence-electron chi connectivity index (χ1n) is 9.85. The second-order valence-electron chi connectivity index (χ2n) is 6.80. The zero-order chi connectivity index (χ0) is 18.2. The molecule has 26 heavy (non-hydrogen) atoms. The van der Waals surface area contributed by atoms with E-state index in [1.54, 1.807) is 0 Å². The van der Waals surface area contributed by atoms with Gasteiger partial charge in [-0.2, -0.15) is 4.98 Å². The maximum Gasteiger partial charge on any atom is 0.225 e. The molecule has 1 unspecified atom stereocenters. The van der Waals surface area contributed by atoms with Crippen molar-refractivity contribution >= 4 is 11.8 Å². The van der Waals surface area contributed by atoms with Crippen LogP contribution in [0, 0.1) is 0 Å². The maximum atomic E-state index is 5.72. The molecule has 3 rings (SSSR count). The smallest absolute Gasteiger partial charge is 0.225 e. The molecule has 0 aliphatic carbocycles. The predicted molar refractivity (Wildman–Crippen MR) is 108 cm³/mol. The van der Waals surface area contributed by atoms with E-state index in [1.165, 1.54) is 0 Å². The Morgan fingerprint density at radius 2 is 1.88 bits per heavy atom. The highest BCUT2D eigenvalue weighted by Crippen LogP contribution is 2.24. The van der Waals surface area contributed by atoms with Crippen molar-refractivity contribution in [3.63, 3.8) is 0 Å². The summed E-state index contributed by atoms with van der Waals surface area (Å²) in [4.78, 5) is 11.9. The first-order chi connectivity index (χ1) is 12.8. The second kappa shape index (κ2) is 9.53. The van der Waals surface area contributed by atoms with Crippen LogP contribution in [0.2, 0.25) is 0 Å². The highest BCUT2D eigenvalue weighted by atomic mass is 16.5. The van der Waals surface area contributed by atoms with Crippen LogP contribution in [-0.4, -0.2) is 42.3 Å². The topological polar surface area (TPSA) is 50.3 Å². The number of aromatic nitrogens is 2. The first-order valence-corrected chi connectivity index (χ1v) is 9.85. The third kappa shape index (κ3) is 4.94. The van der Waals surface area contributed by atoms with Crippen LogP contribution in [0.4, 0.5) is 11.8 Å². The third-order valence-corrected chi connectivity index (χ3v) is 4.61. The van der Waals surface area contributed by atoms with Gasteiger partial charge in [0.05, 0.1) is 11.8 Å². The van der Waals surface area contributed by atoms with Crippen molar-refractivity contribution in [1.29, 1.82) is 0 Å². The minimum atomic E-state index is 0.268. The van der Waals surface area contributed by atoms with Gasteiger partial charge >= 0.3 is 0 Å². The van der Waals surface area contributed by atoms with Crippen molar-refractivity contribution < 1.29 is 4.74 Å². The quantitative estimate of drug-likeness (QED) is 0.725. The van der Waals surface area contributed by atoms with Crippen molar-refractivity contribution in [3.05, 3.63) is 36.4 Å². The van der Waals surface area contributed by atoms with Gasteiger partial charge in [0.25, 0.3) is 0 Å². The van der Waals surface area contributed by atoms with Crippen molar-refractivity contribution in [3.8, 4) is 11.3 Å². The molecule has 5 heteroatoms.